The quantitative estimate of drug-likeness (QED) is 0.684. The predicted molar refractivity (Wildman–Crippen MR) is 71.6 cm³/mol. The van der Waals surface area contributed by atoms with Crippen LogP contribution in [0.1, 0.15) is 43.8 Å². The van der Waals surface area contributed by atoms with Crippen molar-refractivity contribution in [3.8, 4) is 0 Å². The zero-order valence-corrected chi connectivity index (χ0v) is 10.2. The summed E-state index contributed by atoms with van der Waals surface area (Å²) in [6, 6.07) is 2.05. The molecule has 0 saturated heterocycles. The van der Waals surface area contributed by atoms with E-state index in [-0.39, 0.29) is 0 Å². The number of nitrogens with zero attached hydrogens (tertiary/aromatic N) is 2. The van der Waals surface area contributed by atoms with Crippen LogP contribution in [0.4, 0.5) is 0 Å². The monoisotopic (exact) mass is 240 g/mol. The maximum absolute atomic E-state index is 4.82. The van der Waals surface area contributed by atoms with Gasteiger partial charge in [0.25, 0.3) is 0 Å². The molecular weight excluding hydrogens is 224 g/mol. The first-order valence-corrected chi connectivity index (χ1v) is 6.73. The molecule has 1 aliphatic carbocycles. The van der Waals surface area contributed by atoms with Crippen molar-refractivity contribution in [3.63, 3.8) is 0 Å². The third kappa shape index (κ3) is 1.45. The lowest BCUT2D eigenvalue weighted by Gasteiger charge is -2.18. The van der Waals surface area contributed by atoms with Gasteiger partial charge in [0.1, 0.15) is 17.0 Å². The van der Waals surface area contributed by atoms with Gasteiger partial charge in [0.2, 0.25) is 0 Å². The van der Waals surface area contributed by atoms with Gasteiger partial charge in [-0.05, 0) is 18.9 Å². The first-order valence-electron chi connectivity index (χ1n) is 6.73. The first kappa shape index (κ1) is 10.1. The number of pyridine rings is 1. The summed E-state index contributed by atoms with van der Waals surface area (Å²) in [5.41, 5.74) is 3.04. The molecule has 1 fully saturated rings. The fraction of sp³-hybridized carbons (Fsp3) is 0.429. The molecule has 3 aromatic heterocycles. The lowest BCUT2D eigenvalue weighted by Crippen LogP contribution is -2.05. The maximum Gasteiger partial charge on any atom is 0.139 e. The molecule has 4 nitrogen and oxygen atoms in total. The van der Waals surface area contributed by atoms with Gasteiger partial charge in [0.05, 0.1) is 11.7 Å². The Labute approximate surface area is 105 Å². The highest BCUT2D eigenvalue weighted by Crippen LogP contribution is 2.32. The van der Waals surface area contributed by atoms with Crippen LogP contribution in [-0.4, -0.2) is 19.9 Å². The minimum Gasteiger partial charge on any atom is -0.346 e. The molecule has 0 aromatic carbocycles. The van der Waals surface area contributed by atoms with Crippen molar-refractivity contribution >= 4 is 22.1 Å². The van der Waals surface area contributed by atoms with Gasteiger partial charge in [-0.1, -0.05) is 19.3 Å². The van der Waals surface area contributed by atoms with E-state index in [4.69, 9.17) is 4.98 Å². The third-order valence-electron chi connectivity index (χ3n) is 4.05. The number of imidazole rings is 1. The predicted octanol–water partition coefficient (Wildman–Crippen LogP) is 3.49. The standard InChI is InChI=1S/C14H16N4/c1-2-4-9(5-3-1)13-17-11-8-16-14-10(6-7-15-14)12(11)18-13/h6-9H,1-5H2,(H,15,16)(H,17,18). The summed E-state index contributed by atoms with van der Waals surface area (Å²) in [6.45, 7) is 0. The van der Waals surface area contributed by atoms with Crippen LogP contribution < -0.4 is 0 Å². The summed E-state index contributed by atoms with van der Waals surface area (Å²) in [5, 5.41) is 1.12. The number of aromatic amines is 2. The smallest absolute Gasteiger partial charge is 0.139 e. The molecule has 0 aliphatic heterocycles. The van der Waals surface area contributed by atoms with Crippen LogP contribution in [0.25, 0.3) is 22.1 Å². The fourth-order valence-electron chi connectivity index (χ4n) is 3.06. The van der Waals surface area contributed by atoms with Crippen molar-refractivity contribution in [1.82, 2.24) is 19.9 Å². The van der Waals surface area contributed by atoms with Crippen molar-refractivity contribution in [1.29, 1.82) is 0 Å². The molecule has 0 unspecified atom stereocenters. The van der Waals surface area contributed by atoms with E-state index in [0.29, 0.717) is 5.92 Å². The van der Waals surface area contributed by atoms with Crippen LogP contribution >= 0.6 is 0 Å². The Hall–Kier alpha value is -1.84. The molecule has 0 bridgehead atoms. The number of fused-ring (bicyclic) bond motifs is 3. The van der Waals surface area contributed by atoms with Gasteiger partial charge in [-0.3, -0.25) is 0 Å². The molecule has 3 aromatic rings. The second kappa shape index (κ2) is 3.83. The maximum atomic E-state index is 4.82. The van der Waals surface area contributed by atoms with Gasteiger partial charge in [-0.15, -0.1) is 0 Å². The van der Waals surface area contributed by atoms with E-state index in [1.165, 1.54) is 32.1 Å². The zero-order valence-electron chi connectivity index (χ0n) is 10.2. The average Bonchev–Trinajstić information content (AvgIpc) is 3.05. The molecule has 3 heterocycles. The van der Waals surface area contributed by atoms with E-state index in [9.17, 15) is 0 Å². The molecule has 0 amide bonds. The molecule has 0 spiro atoms. The minimum atomic E-state index is 0.611. The van der Waals surface area contributed by atoms with Crippen LogP contribution in [0.15, 0.2) is 18.5 Å². The Morgan fingerprint density at radius 1 is 1.17 bits per heavy atom. The Morgan fingerprint density at radius 2 is 2.06 bits per heavy atom. The SMILES string of the molecule is c1cc2c(ncc3[nH]c(C4CCCCC4)nc32)[nH]1. The molecule has 0 atom stereocenters. The second-order valence-electron chi connectivity index (χ2n) is 5.22. The molecule has 0 radical (unpaired) electrons. The number of hydrogen-bond acceptors (Lipinski definition) is 2. The van der Waals surface area contributed by atoms with Gasteiger partial charge in [0.15, 0.2) is 0 Å². The molecule has 1 aliphatic rings. The van der Waals surface area contributed by atoms with E-state index < -0.39 is 0 Å². The highest BCUT2D eigenvalue weighted by molar-refractivity contribution is 6.00. The Morgan fingerprint density at radius 3 is 2.94 bits per heavy atom. The summed E-state index contributed by atoms with van der Waals surface area (Å²) in [7, 11) is 0. The zero-order chi connectivity index (χ0) is 11.9. The van der Waals surface area contributed by atoms with E-state index in [0.717, 1.165) is 27.9 Å². The van der Waals surface area contributed by atoms with Crippen molar-refractivity contribution < 1.29 is 0 Å². The number of H-pyrrole nitrogens is 2. The van der Waals surface area contributed by atoms with Crippen LogP contribution in [0, 0.1) is 0 Å². The summed E-state index contributed by atoms with van der Waals surface area (Å²) in [5.74, 6) is 1.76. The third-order valence-corrected chi connectivity index (χ3v) is 4.05. The van der Waals surface area contributed by atoms with Crippen LogP contribution in [0.3, 0.4) is 0 Å². The number of aromatic nitrogens is 4. The topological polar surface area (TPSA) is 57.4 Å². The van der Waals surface area contributed by atoms with E-state index >= 15 is 0 Å². The summed E-state index contributed by atoms with van der Waals surface area (Å²) >= 11 is 0. The molecule has 2 N–H and O–H groups in total. The largest absolute Gasteiger partial charge is 0.346 e. The molecule has 18 heavy (non-hydrogen) atoms. The van der Waals surface area contributed by atoms with Gasteiger partial charge >= 0.3 is 0 Å². The van der Waals surface area contributed by atoms with Crippen molar-refractivity contribution in [2.45, 2.75) is 38.0 Å². The molecular formula is C14H16N4. The normalized spacial score (nSPS) is 17.8. The first-order chi connectivity index (χ1) is 8.92. The van der Waals surface area contributed by atoms with E-state index in [1.54, 1.807) is 0 Å². The van der Waals surface area contributed by atoms with Crippen LogP contribution in [-0.2, 0) is 0 Å². The van der Waals surface area contributed by atoms with Crippen molar-refractivity contribution in [3.05, 3.63) is 24.3 Å². The average molecular weight is 240 g/mol. The van der Waals surface area contributed by atoms with Crippen LogP contribution in [0.2, 0.25) is 0 Å². The van der Waals surface area contributed by atoms with Crippen molar-refractivity contribution in [2.75, 3.05) is 0 Å². The van der Waals surface area contributed by atoms with E-state index in [1.807, 2.05) is 12.4 Å². The fourth-order valence-corrected chi connectivity index (χ4v) is 3.06. The van der Waals surface area contributed by atoms with Gasteiger partial charge in [-0.25, -0.2) is 9.97 Å². The van der Waals surface area contributed by atoms with Crippen LogP contribution in [0.5, 0.6) is 0 Å². The highest BCUT2D eigenvalue weighted by atomic mass is 15.0. The lowest BCUT2D eigenvalue weighted by molar-refractivity contribution is 0.431. The number of hydrogen-bond donors (Lipinski definition) is 2. The highest BCUT2D eigenvalue weighted by Gasteiger charge is 2.19. The Balaban J connectivity index is 1.87. The summed E-state index contributed by atoms with van der Waals surface area (Å²) < 4.78 is 0. The molecule has 4 rings (SSSR count). The Bertz CT molecular complexity index is 688. The van der Waals surface area contributed by atoms with Crippen molar-refractivity contribution in [2.24, 2.45) is 0 Å². The lowest BCUT2D eigenvalue weighted by atomic mass is 9.89. The molecule has 1 saturated carbocycles. The Kier molecular flexibility index (Phi) is 2.15. The van der Waals surface area contributed by atoms with Gasteiger partial charge in [0, 0.05) is 17.5 Å². The molecule has 4 heteroatoms. The van der Waals surface area contributed by atoms with E-state index in [2.05, 4.69) is 21.0 Å². The summed E-state index contributed by atoms with van der Waals surface area (Å²) in [6.07, 6.45) is 10.4. The minimum absolute atomic E-state index is 0.611. The van der Waals surface area contributed by atoms with Gasteiger partial charge < -0.3 is 9.97 Å². The summed E-state index contributed by atoms with van der Waals surface area (Å²) in [4.78, 5) is 15.8. The second-order valence-corrected chi connectivity index (χ2v) is 5.22. The number of rotatable bonds is 1. The number of nitrogens with one attached hydrogen (secondary N) is 2. The molecule has 92 valence electrons. The van der Waals surface area contributed by atoms with Gasteiger partial charge in [-0.2, -0.15) is 0 Å².